The van der Waals surface area contributed by atoms with Crippen LogP contribution < -0.4 is 10.1 Å². The minimum atomic E-state index is -1.37. The number of carbonyl (C=O) groups excluding carboxylic acids is 1. The fraction of sp³-hybridized carbons (Fsp3) is 0.120. The second-order valence-electron chi connectivity index (χ2n) is 8.28. The first-order chi connectivity index (χ1) is 16.9. The van der Waals surface area contributed by atoms with E-state index in [4.69, 9.17) is 9.84 Å². The molecule has 0 saturated carbocycles. The Labute approximate surface area is 212 Å². The number of nitrogens with one attached hydrogen (secondary N) is 1. The molecule has 2 atom stereocenters. The van der Waals surface area contributed by atoms with Gasteiger partial charge in [-0.3, -0.25) is 20.2 Å². The van der Waals surface area contributed by atoms with Crippen LogP contribution >= 0.6 is 27.7 Å². The van der Waals surface area contributed by atoms with Gasteiger partial charge in [-0.25, -0.2) is 5.01 Å². The molecule has 3 heterocycles. The molecule has 0 bridgehead atoms. The van der Waals surface area contributed by atoms with Crippen molar-refractivity contribution in [2.24, 2.45) is 5.10 Å². The van der Waals surface area contributed by atoms with Crippen LogP contribution in [0.15, 0.2) is 87.3 Å². The number of fused-ring (bicyclic) bond motifs is 4. The van der Waals surface area contributed by atoms with Gasteiger partial charge in [0.25, 0.3) is 10.9 Å². The van der Waals surface area contributed by atoms with Gasteiger partial charge in [-0.15, -0.1) is 0 Å². The average Bonchev–Trinajstić information content (AvgIpc) is 3.43. The molecule has 3 aromatic rings. The number of hydrogen-bond donors (Lipinski definition) is 1. The Kier molecular flexibility index (Phi) is 5.15. The van der Waals surface area contributed by atoms with Crippen molar-refractivity contribution in [1.29, 1.82) is 0 Å². The van der Waals surface area contributed by atoms with Crippen molar-refractivity contribution in [3.05, 3.63) is 109 Å². The number of nitro benzene ring substituents is 1. The molecule has 10 heteroatoms. The predicted octanol–water partition coefficient (Wildman–Crippen LogP) is 6.05. The van der Waals surface area contributed by atoms with Gasteiger partial charge in [-0.05, 0) is 47.2 Å². The Morgan fingerprint density at radius 1 is 1.17 bits per heavy atom. The molecule has 1 amide bonds. The van der Waals surface area contributed by atoms with Gasteiger partial charge >= 0.3 is 5.85 Å². The van der Waals surface area contributed by atoms with E-state index in [1.807, 2.05) is 53.5 Å². The van der Waals surface area contributed by atoms with Gasteiger partial charge < -0.3 is 4.74 Å². The second-order valence-corrected chi connectivity index (χ2v) is 10.2. The third kappa shape index (κ3) is 3.69. The quantitative estimate of drug-likeness (QED) is 0.316. The van der Waals surface area contributed by atoms with Crippen LogP contribution in [0.25, 0.3) is 6.08 Å². The van der Waals surface area contributed by atoms with Crippen molar-refractivity contribution < 1.29 is 14.5 Å². The van der Waals surface area contributed by atoms with E-state index in [0.717, 1.165) is 33.1 Å². The zero-order chi connectivity index (χ0) is 24.2. The number of hydrazone groups is 1. The zero-order valence-electron chi connectivity index (χ0n) is 18.1. The molecular formula is C25H17BrN4O4S. The maximum Gasteiger partial charge on any atom is 0.314 e. The SMILES string of the molecule is O=C1N[C@]2(Oc3ccc(Br)cc3[C@@H]3CC(c4ccccc4)=NN32)/C(=C/c2cccc([N+](=O)[O-])c2)S1. The molecule has 0 radical (unpaired) electrons. The average molecular weight is 549 g/mol. The summed E-state index contributed by atoms with van der Waals surface area (Å²) in [5.41, 5.74) is 3.40. The first kappa shape index (κ1) is 21.9. The Balaban J connectivity index is 1.51. The summed E-state index contributed by atoms with van der Waals surface area (Å²) in [6.07, 6.45) is 2.37. The van der Waals surface area contributed by atoms with Crippen molar-refractivity contribution in [2.75, 3.05) is 0 Å². The Morgan fingerprint density at radius 3 is 2.80 bits per heavy atom. The number of halogens is 1. The summed E-state index contributed by atoms with van der Waals surface area (Å²) >= 11 is 4.55. The molecule has 1 N–H and O–H groups in total. The number of amides is 1. The van der Waals surface area contributed by atoms with Crippen molar-refractivity contribution in [1.82, 2.24) is 10.3 Å². The minimum absolute atomic E-state index is 0.0288. The molecule has 0 unspecified atom stereocenters. The number of nitro groups is 1. The summed E-state index contributed by atoms with van der Waals surface area (Å²) in [5, 5.41) is 20.7. The Bertz CT molecular complexity index is 1440. The van der Waals surface area contributed by atoms with E-state index >= 15 is 0 Å². The molecule has 3 aromatic carbocycles. The van der Waals surface area contributed by atoms with Crippen LogP contribution in [0.5, 0.6) is 5.75 Å². The summed E-state index contributed by atoms with van der Waals surface area (Å²) in [4.78, 5) is 24.1. The van der Waals surface area contributed by atoms with Gasteiger partial charge in [0.15, 0.2) is 0 Å². The first-order valence-electron chi connectivity index (χ1n) is 10.8. The van der Waals surface area contributed by atoms with Crippen molar-refractivity contribution >= 4 is 50.4 Å². The van der Waals surface area contributed by atoms with Crippen LogP contribution in [0.3, 0.4) is 0 Å². The second kappa shape index (κ2) is 8.24. The van der Waals surface area contributed by atoms with E-state index in [9.17, 15) is 14.9 Å². The number of benzene rings is 3. The summed E-state index contributed by atoms with van der Waals surface area (Å²) in [7, 11) is 0. The van der Waals surface area contributed by atoms with E-state index in [-0.39, 0.29) is 17.0 Å². The standard InChI is InChI=1S/C25H17BrN4O4S/c26-17-9-10-22-19(13-17)21-14-20(16-6-2-1-3-7-16)28-29(21)25(34-22)23(35-24(31)27-25)12-15-5-4-8-18(11-15)30(32)33/h1-13,21H,14H2,(H,27,31)/b23-12-/t21-,25+/m0/s1. The van der Waals surface area contributed by atoms with Gasteiger partial charge in [0.05, 0.1) is 21.6 Å². The van der Waals surface area contributed by atoms with Gasteiger partial charge in [0.1, 0.15) is 5.75 Å². The van der Waals surface area contributed by atoms with Crippen LogP contribution in [-0.2, 0) is 0 Å². The van der Waals surface area contributed by atoms with E-state index in [2.05, 4.69) is 21.2 Å². The number of hydrogen-bond acceptors (Lipinski definition) is 7. The summed E-state index contributed by atoms with van der Waals surface area (Å²) in [6, 6.07) is 21.8. The molecule has 8 nitrogen and oxygen atoms in total. The number of carbonyl (C=O) groups is 1. The Hall–Kier alpha value is -3.63. The molecule has 1 spiro atoms. The van der Waals surface area contributed by atoms with Crippen LogP contribution in [-0.4, -0.2) is 26.7 Å². The van der Waals surface area contributed by atoms with Gasteiger partial charge in [-0.2, -0.15) is 5.10 Å². The molecule has 0 aliphatic carbocycles. The van der Waals surface area contributed by atoms with E-state index in [0.29, 0.717) is 22.6 Å². The predicted molar refractivity (Wildman–Crippen MR) is 137 cm³/mol. The maximum atomic E-state index is 12.7. The third-order valence-corrected chi connectivity index (χ3v) is 7.51. The van der Waals surface area contributed by atoms with Crippen molar-refractivity contribution in [3.8, 4) is 5.75 Å². The molecule has 0 aromatic heterocycles. The highest BCUT2D eigenvalue weighted by Gasteiger charge is 2.58. The number of non-ortho nitro benzene ring substituents is 1. The maximum absolute atomic E-state index is 12.7. The highest BCUT2D eigenvalue weighted by Crippen LogP contribution is 2.53. The van der Waals surface area contributed by atoms with Crippen LogP contribution in [0.4, 0.5) is 10.5 Å². The van der Waals surface area contributed by atoms with E-state index in [1.165, 1.54) is 12.1 Å². The van der Waals surface area contributed by atoms with Crippen molar-refractivity contribution in [2.45, 2.75) is 18.3 Å². The van der Waals surface area contributed by atoms with E-state index < -0.39 is 10.8 Å². The molecule has 6 rings (SSSR count). The van der Waals surface area contributed by atoms with Crippen LogP contribution in [0.1, 0.15) is 29.2 Å². The third-order valence-electron chi connectivity index (χ3n) is 6.12. The molecule has 3 aliphatic heterocycles. The number of ether oxygens (including phenoxy) is 1. The molecule has 1 saturated heterocycles. The van der Waals surface area contributed by atoms with E-state index in [1.54, 1.807) is 18.2 Å². The lowest BCUT2D eigenvalue weighted by Gasteiger charge is -2.45. The molecule has 3 aliphatic rings. The monoisotopic (exact) mass is 548 g/mol. The number of nitrogens with zero attached hydrogens (tertiary/aromatic N) is 3. The van der Waals surface area contributed by atoms with Gasteiger partial charge in [0, 0.05) is 28.6 Å². The zero-order valence-corrected chi connectivity index (χ0v) is 20.5. The molecule has 1 fully saturated rings. The van der Waals surface area contributed by atoms with Crippen LogP contribution in [0.2, 0.25) is 0 Å². The summed E-state index contributed by atoms with van der Waals surface area (Å²) in [5.74, 6) is -0.722. The topological polar surface area (TPSA) is 97.1 Å². The number of rotatable bonds is 3. The largest absolute Gasteiger partial charge is 0.444 e. The van der Waals surface area contributed by atoms with Gasteiger partial charge in [-0.1, -0.05) is 58.4 Å². The lowest BCUT2D eigenvalue weighted by atomic mass is 9.95. The fourth-order valence-electron chi connectivity index (χ4n) is 4.57. The first-order valence-corrected chi connectivity index (χ1v) is 12.4. The highest BCUT2D eigenvalue weighted by atomic mass is 79.9. The molecule has 174 valence electrons. The Morgan fingerprint density at radius 2 is 2.00 bits per heavy atom. The van der Waals surface area contributed by atoms with Crippen LogP contribution in [0, 0.1) is 10.1 Å². The lowest BCUT2D eigenvalue weighted by Crippen LogP contribution is -2.61. The highest BCUT2D eigenvalue weighted by molar-refractivity contribution is 9.10. The molecular weight excluding hydrogens is 532 g/mol. The summed E-state index contributed by atoms with van der Waals surface area (Å²) < 4.78 is 7.43. The lowest BCUT2D eigenvalue weighted by molar-refractivity contribution is -0.384. The van der Waals surface area contributed by atoms with Gasteiger partial charge in [0.2, 0.25) is 0 Å². The normalized spacial score (nSPS) is 23.5. The minimum Gasteiger partial charge on any atom is -0.444 e. The van der Waals surface area contributed by atoms with Crippen molar-refractivity contribution in [3.63, 3.8) is 0 Å². The molecule has 35 heavy (non-hydrogen) atoms. The smallest absolute Gasteiger partial charge is 0.314 e. The fourth-order valence-corrected chi connectivity index (χ4v) is 5.86. The number of thioether (sulfide) groups is 1. The summed E-state index contributed by atoms with van der Waals surface area (Å²) in [6.45, 7) is 0.